The summed E-state index contributed by atoms with van der Waals surface area (Å²) < 4.78 is 4.67. The molecule has 0 atom stereocenters. The van der Waals surface area contributed by atoms with Crippen molar-refractivity contribution in [3.8, 4) is 0 Å². The van der Waals surface area contributed by atoms with E-state index in [2.05, 4.69) is 9.72 Å². The lowest BCUT2D eigenvalue weighted by Crippen LogP contribution is -2.17. The summed E-state index contributed by atoms with van der Waals surface area (Å²) in [5, 5.41) is 0.914. The van der Waals surface area contributed by atoms with Gasteiger partial charge < -0.3 is 9.72 Å². The lowest BCUT2D eigenvalue weighted by molar-refractivity contribution is -0.137. The number of hydrogen-bond acceptors (Lipinski definition) is 3. The minimum Gasteiger partial charge on any atom is -0.460 e. The Kier molecular flexibility index (Phi) is 2.95. The first-order chi connectivity index (χ1) is 8.11. The van der Waals surface area contributed by atoms with E-state index in [0.717, 1.165) is 16.5 Å². The second-order valence-electron chi connectivity index (χ2n) is 3.82. The molecule has 0 bridgehead atoms. The quantitative estimate of drug-likeness (QED) is 0.500. The van der Waals surface area contributed by atoms with Crippen molar-refractivity contribution in [1.82, 2.24) is 4.98 Å². The number of esters is 1. The highest BCUT2D eigenvalue weighted by Crippen LogP contribution is 2.17. The fourth-order valence-corrected chi connectivity index (χ4v) is 1.68. The van der Waals surface area contributed by atoms with Crippen LogP contribution >= 0.6 is 0 Å². The highest BCUT2D eigenvalue weighted by Gasteiger charge is 2.19. The summed E-state index contributed by atoms with van der Waals surface area (Å²) in [6.45, 7) is 3.84. The van der Waals surface area contributed by atoms with Gasteiger partial charge in [-0.2, -0.15) is 0 Å². The molecule has 2 aromatic rings. The van der Waals surface area contributed by atoms with Crippen LogP contribution in [0.1, 0.15) is 23.0 Å². The molecule has 17 heavy (non-hydrogen) atoms. The Bertz CT molecular complexity index is 583. The zero-order valence-corrected chi connectivity index (χ0v) is 9.74. The molecule has 1 aromatic heterocycles. The van der Waals surface area contributed by atoms with Crippen molar-refractivity contribution >= 4 is 22.7 Å². The predicted octanol–water partition coefficient (Wildman–Crippen LogP) is 2.22. The molecule has 1 heterocycles. The second-order valence-corrected chi connectivity index (χ2v) is 3.82. The fourth-order valence-electron chi connectivity index (χ4n) is 1.68. The minimum atomic E-state index is -0.823. The number of fused-ring (bicyclic) bond motifs is 1. The first-order valence-corrected chi connectivity index (χ1v) is 5.42. The van der Waals surface area contributed by atoms with Crippen molar-refractivity contribution in [2.75, 3.05) is 6.61 Å². The van der Waals surface area contributed by atoms with Crippen LogP contribution in [-0.2, 0) is 9.53 Å². The molecule has 1 aromatic carbocycles. The van der Waals surface area contributed by atoms with Crippen LogP contribution in [0.15, 0.2) is 24.3 Å². The third kappa shape index (κ3) is 2.20. The van der Waals surface area contributed by atoms with Crippen LogP contribution in [-0.4, -0.2) is 23.3 Å². The molecule has 0 amide bonds. The Morgan fingerprint density at radius 3 is 2.76 bits per heavy atom. The van der Waals surface area contributed by atoms with Crippen molar-refractivity contribution in [1.29, 1.82) is 0 Å². The number of carbonyl (C=O) groups is 2. The van der Waals surface area contributed by atoms with Gasteiger partial charge in [-0.1, -0.05) is 11.6 Å². The number of ketones is 1. The van der Waals surface area contributed by atoms with Crippen LogP contribution in [0.3, 0.4) is 0 Å². The number of aromatic amines is 1. The van der Waals surface area contributed by atoms with Crippen LogP contribution in [0.4, 0.5) is 0 Å². The van der Waals surface area contributed by atoms with Gasteiger partial charge in [0, 0.05) is 10.9 Å². The summed E-state index contributed by atoms with van der Waals surface area (Å²) in [5.74, 6) is -1.46. The molecule has 88 valence electrons. The van der Waals surface area contributed by atoms with E-state index >= 15 is 0 Å². The monoisotopic (exact) mass is 231 g/mol. The minimum absolute atomic E-state index is 0.198. The second kappa shape index (κ2) is 4.41. The Morgan fingerprint density at radius 1 is 1.29 bits per heavy atom. The first-order valence-electron chi connectivity index (χ1n) is 5.42. The number of rotatable bonds is 3. The van der Waals surface area contributed by atoms with Gasteiger partial charge in [0.2, 0.25) is 0 Å². The summed E-state index contributed by atoms with van der Waals surface area (Å²) in [4.78, 5) is 25.9. The van der Waals surface area contributed by atoms with E-state index in [9.17, 15) is 9.59 Å². The molecule has 0 unspecified atom stereocenters. The van der Waals surface area contributed by atoms with E-state index < -0.39 is 11.8 Å². The van der Waals surface area contributed by atoms with Gasteiger partial charge in [0.05, 0.1) is 12.3 Å². The lowest BCUT2D eigenvalue weighted by Gasteiger charge is -1.97. The number of H-pyrrole nitrogens is 1. The van der Waals surface area contributed by atoms with E-state index in [4.69, 9.17) is 0 Å². The van der Waals surface area contributed by atoms with Crippen molar-refractivity contribution in [3.63, 3.8) is 0 Å². The molecular formula is C13H13NO3. The van der Waals surface area contributed by atoms with Crippen LogP contribution in [0, 0.1) is 6.92 Å². The molecule has 4 nitrogen and oxygen atoms in total. The Morgan fingerprint density at radius 2 is 2.06 bits per heavy atom. The number of hydrogen-bond donors (Lipinski definition) is 1. The highest BCUT2D eigenvalue weighted by atomic mass is 16.5. The number of carbonyl (C=O) groups excluding carboxylic acids is 2. The zero-order valence-electron chi connectivity index (χ0n) is 9.74. The fraction of sp³-hybridized carbons (Fsp3) is 0.231. The largest absolute Gasteiger partial charge is 0.460 e. The van der Waals surface area contributed by atoms with Crippen molar-refractivity contribution in [3.05, 3.63) is 35.5 Å². The van der Waals surface area contributed by atoms with Crippen LogP contribution in [0.5, 0.6) is 0 Å². The average molecular weight is 231 g/mol. The summed E-state index contributed by atoms with van der Waals surface area (Å²) in [6, 6.07) is 7.44. The first kappa shape index (κ1) is 11.4. The number of aryl methyl sites for hydroxylation is 1. The molecule has 0 aliphatic heterocycles. The Labute approximate surface area is 98.6 Å². The molecule has 1 N–H and O–H groups in total. The van der Waals surface area contributed by atoms with Crippen LogP contribution < -0.4 is 0 Å². The molecule has 0 aliphatic rings. The van der Waals surface area contributed by atoms with E-state index in [0.29, 0.717) is 0 Å². The third-order valence-corrected chi connectivity index (χ3v) is 2.48. The molecule has 4 heteroatoms. The molecule has 0 aliphatic carbocycles. The van der Waals surface area contributed by atoms with Crippen LogP contribution in [0.25, 0.3) is 10.9 Å². The van der Waals surface area contributed by atoms with E-state index in [1.165, 1.54) is 0 Å². The van der Waals surface area contributed by atoms with Crippen LogP contribution in [0.2, 0.25) is 0 Å². The normalized spacial score (nSPS) is 10.5. The summed E-state index contributed by atoms with van der Waals surface area (Å²) in [5.41, 5.74) is 2.21. The van der Waals surface area contributed by atoms with E-state index in [-0.39, 0.29) is 12.3 Å². The number of ether oxygens (including phenoxy) is 1. The van der Waals surface area contributed by atoms with Gasteiger partial charge in [0.1, 0.15) is 0 Å². The van der Waals surface area contributed by atoms with Gasteiger partial charge in [-0.15, -0.1) is 0 Å². The van der Waals surface area contributed by atoms with Crippen molar-refractivity contribution in [2.24, 2.45) is 0 Å². The lowest BCUT2D eigenvalue weighted by atomic mass is 10.2. The smallest absolute Gasteiger partial charge is 0.381 e. The molecular weight excluding hydrogens is 218 g/mol. The number of benzene rings is 1. The number of Topliss-reactive ketones (excluding diaryl/α,β-unsaturated/α-hetero) is 1. The summed E-state index contributed by atoms with van der Waals surface area (Å²) in [6.07, 6.45) is 0. The van der Waals surface area contributed by atoms with E-state index in [1.807, 2.05) is 25.1 Å². The topological polar surface area (TPSA) is 59.2 Å². The summed E-state index contributed by atoms with van der Waals surface area (Å²) in [7, 11) is 0. The maximum absolute atomic E-state index is 11.7. The standard InChI is InChI=1S/C13H13NO3/c1-3-17-13(16)12(15)11-7-9-6-8(2)4-5-10(9)14-11/h4-7,14H,3H2,1-2H3. The number of nitrogens with one attached hydrogen (secondary N) is 1. The Hall–Kier alpha value is -2.10. The SMILES string of the molecule is CCOC(=O)C(=O)c1cc2cc(C)ccc2[nH]1. The van der Waals surface area contributed by atoms with Gasteiger partial charge in [0.25, 0.3) is 5.78 Å². The molecule has 0 saturated carbocycles. The molecule has 0 fully saturated rings. The summed E-state index contributed by atoms with van der Waals surface area (Å²) >= 11 is 0. The Balaban J connectivity index is 2.36. The zero-order chi connectivity index (χ0) is 12.4. The van der Waals surface area contributed by atoms with Gasteiger partial charge in [-0.3, -0.25) is 4.79 Å². The van der Waals surface area contributed by atoms with E-state index in [1.54, 1.807) is 13.0 Å². The van der Waals surface area contributed by atoms with Gasteiger partial charge in [-0.25, -0.2) is 4.79 Å². The maximum Gasteiger partial charge on any atom is 0.381 e. The highest BCUT2D eigenvalue weighted by molar-refractivity contribution is 6.40. The molecule has 0 spiro atoms. The predicted molar refractivity (Wildman–Crippen MR) is 64.0 cm³/mol. The van der Waals surface area contributed by atoms with Gasteiger partial charge in [0.15, 0.2) is 0 Å². The number of aromatic nitrogens is 1. The molecule has 0 saturated heterocycles. The van der Waals surface area contributed by atoms with Crippen molar-refractivity contribution in [2.45, 2.75) is 13.8 Å². The molecule has 2 rings (SSSR count). The molecule has 0 radical (unpaired) electrons. The van der Waals surface area contributed by atoms with Crippen molar-refractivity contribution < 1.29 is 14.3 Å². The maximum atomic E-state index is 11.7. The third-order valence-electron chi connectivity index (χ3n) is 2.48. The average Bonchev–Trinajstić information content (AvgIpc) is 2.71. The van der Waals surface area contributed by atoms with Gasteiger partial charge >= 0.3 is 5.97 Å². The van der Waals surface area contributed by atoms with Gasteiger partial charge in [-0.05, 0) is 32.0 Å².